The van der Waals surface area contributed by atoms with Crippen LogP contribution in [0.1, 0.15) is 31.7 Å². The minimum Gasteiger partial charge on any atom is -0.399 e. The van der Waals surface area contributed by atoms with Gasteiger partial charge in [-0.3, -0.25) is 0 Å². The van der Waals surface area contributed by atoms with Gasteiger partial charge in [0.1, 0.15) is 0 Å². The number of hydrogen-bond acceptors (Lipinski definition) is 3. The molecule has 4 nitrogen and oxygen atoms in total. The number of nitrogens with two attached hydrogens (primary N) is 1. The van der Waals surface area contributed by atoms with Crippen molar-refractivity contribution in [3.8, 4) is 0 Å². The quantitative estimate of drug-likeness (QED) is 0.824. The number of anilines is 1. The van der Waals surface area contributed by atoms with Gasteiger partial charge in [-0.1, -0.05) is 13.3 Å². The third-order valence-corrected chi connectivity index (χ3v) is 5.31. The zero-order chi connectivity index (χ0) is 13.3. The number of sulfonamides is 1. The highest BCUT2D eigenvalue weighted by atomic mass is 32.2. The maximum atomic E-state index is 12.3. The minimum atomic E-state index is -3.43. The summed E-state index contributed by atoms with van der Waals surface area (Å²) >= 11 is 0. The molecule has 0 aliphatic heterocycles. The topological polar surface area (TPSA) is 72.2 Å². The molecule has 0 amide bonds. The van der Waals surface area contributed by atoms with E-state index in [2.05, 4.69) is 11.6 Å². The molecule has 1 fully saturated rings. The fourth-order valence-electron chi connectivity index (χ4n) is 2.56. The smallest absolute Gasteiger partial charge is 0.241 e. The molecule has 18 heavy (non-hydrogen) atoms. The summed E-state index contributed by atoms with van der Waals surface area (Å²) in [4.78, 5) is 0.329. The normalized spacial score (nSPS) is 24.3. The van der Waals surface area contributed by atoms with E-state index >= 15 is 0 Å². The molecule has 2 atom stereocenters. The van der Waals surface area contributed by atoms with Crippen molar-refractivity contribution in [2.45, 2.75) is 44.0 Å². The molecule has 0 aromatic heterocycles. The Balaban J connectivity index is 2.25. The molecule has 0 heterocycles. The van der Waals surface area contributed by atoms with Crippen LogP contribution in [-0.4, -0.2) is 14.5 Å². The van der Waals surface area contributed by atoms with Gasteiger partial charge in [-0.2, -0.15) is 0 Å². The lowest BCUT2D eigenvalue weighted by molar-refractivity contribution is 0.476. The van der Waals surface area contributed by atoms with E-state index in [1.807, 2.05) is 0 Å². The lowest BCUT2D eigenvalue weighted by Crippen LogP contribution is -2.36. The molecule has 1 aromatic rings. The molecule has 0 spiro atoms. The number of benzene rings is 1. The lowest BCUT2D eigenvalue weighted by Gasteiger charge is -2.18. The molecule has 100 valence electrons. The monoisotopic (exact) mass is 268 g/mol. The second-order valence-electron chi connectivity index (χ2n) is 5.16. The van der Waals surface area contributed by atoms with Gasteiger partial charge in [0.2, 0.25) is 10.0 Å². The van der Waals surface area contributed by atoms with Gasteiger partial charge in [0, 0.05) is 11.7 Å². The maximum Gasteiger partial charge on any atom is 0.241 e. The molecule has 1 aliphatic carbocycles. The Morgan fingerprint density at radius 2 is 2.06 bits per heavy atom. The van der Waals surface area contributed by atoms with Gasteiger partial charge < -0.3 is 5.73 Å². The molecule has 0 bridgehead atoms. The highest BCUT2D eigenvalue weighted by Gasteiger charge is 2.28. The summed E-state index contributed by atoms with van der Waals surface area (Å²) in [6, 6.07) is 4.95. The van der Waals surface area contributed by atoms with Gasteiger partial charge in [0.15, 0.2) is 0 Å². The Morgan fingerprint density at radius 1 is 1.33 bits per heavy atom. The summed E-state index contributed by atoms with van der Waals surface area (Å²) in [6.45, 7) is 3.86. The van der Waals surface area contributed by atoms with Crippen LogP contribution in [0.2, 0.25) is 0 Å². The predicted octanol–water partition coefficient (Wildman–Crippen LogP) is 2.04. The van der Waals surface area contributed by atoms with Gasteiger partial charge in [-0.25, -0.2) is 13.1 Å². The van der Waals surface area contributed by atoms with Crippen LogP contribution in [0.25, 0.3) is 0 Å². The Bertz CT molecular complexity index is 540. The third-order valence-electron chi connectivity index (χ3n) is 3.66. The largest absolute Gasteiger partial charge is 0.399 e. The van der Waals surface area contributed by atoms with E-state index in [0.29, 0.717) is 22.1 Å². The summed E-state index contributed by atoms with van der Waals surface area (Å²) in [5, 5.41) is 0. The molecule has 5 heteroatoms. The van der Waals surface area contributed by atoms with E-state index in [4.69, 9.17) is 5.73 Å². The highest BCUT2D eigenvalue weighted by molar-refractivity contribution is 7.89. The Morgan fingerprint density at radius 3 is 2.61 bits per heavy atom. The van der Waals surface area contributed by atoms with Crippen LogP contribution < -0.4 is 10.5 Å². The van der Waals surface area contributed by atoms with Crippen LogP contribution >= 0.6 is 0 Å². The van der Waals surface area contributed by atoms with E-state index in [1.165, 1.54) is 0 Å². The summed E-state index contributed by atoms with van der Waals surface area (Å²) in [7, 11) is -3.43. The molecule has 3 N–H and O–H groups in total. The van der Waals surface area contributed by atoms with Crippen molar-refractivity contribution in [3.05, 3.63) is 23.8 Å². The Hall–Kier alpha value is -1.07. The van der Waals surface area contributed by atoms with Crippen molar-refractivity contribution in [3.63, 3.8) is 0 Å². The minimum absolute atomic E-state index is 0.0620. The average molecular weight is 268 g/mol. The molecule has 0 radical (unpaired) electrons. The fraction of sp³-hybridized carbons (Fsp3) is 0.538. The SMILES string of the molecule is Cc1cc(N)ccc1S(=O)(=O)NC1CCCC1C. The standard InChI is InChI=1S/C13H20N2O2S/c1-9-4-3-5-12(9)15-18(16,17)13-7-6-11(14)8-10(13)2/h6-9,12,15H,3-5,14H2,1-2H3. The first-order valence-corrected chi connectivity index (χ1v) is 7.77. The highest BCUT2D eigenvalue weighted by Crippen LogP contribution is 2.27. The molecule has 1 saturated carbocycles. The molecular weight excluding hydrogens is 248 g/mol. The number of nitrogen functional groups attached to an aromatic ring is 1. The molecule has 2 unspecified atom stereocenters. The van der Waals surface area contributed by atoms with Crippen LogP contribution in [-0.2, 0) is 10.0 Å². The summed E-state index contributed by atoms with van der Waals surface area (Å²) < 4.78 is 27.4. The summed E-state index contributed by atoms with van der Waals surface area (Å²) in [6.07, 6.45) is 3.11. The van der Waals surface area contributed by atoms with E-state index < -0.39 is 10.0 Å². The van der Waals surface area contributed by atoms with E-state index in [1.54, 1.807) is 25.1 Å². The Labute approximate surface area is 109 Å². The summed E-state index contributed by atoms with van der Waals surface area (Å²) in [5.41, 5.74) is 6.91. The van der Waals surface area contributed by atoms with Crippen molar-refractivity contribution in [2.75, 3.05) is 5.73 Å². The van der Waals surface area contributed by atoms with Gasteiger partial charge in [0.05, 0.1) is 4.90 Å². The molecule has 1 aromatic carbocycles. The van der Waals surface area contributed by atoms with Gasteiger partial charge in [-0.05, 0) is 49.4 Å². The second-order valence-corrected chi connectivity index (χ2v) is 6.84. The van der Waals surface area contributed by atoms with Crippen LogP contribution in [0.4, 0.5) is 5.69 Å². The van der Waals surface area contributed by atoms with Crippen LogP contribution in [0, 0.1) is 12.8 Å². The van der Waals surface area contributed by atoms with Crippen molar-refractivity contribution < 1.29 is 8.42 Å². The average Bonchev–Trinajstić information content (AvgIpc) is 2.63. The third kappa shape index (κ3) is 2.67. The summed E-state index contributed by atoms with van der Waals surface area (Å²) in [5.74, 6) is 0.411. The van der Waals surface area contributed by atoms with E-state index in [9.17, 15) is 8.42 Å². The van der Waals surface area contributed by atoms with E-state index in [0.717, 1.165) is 19.3 Å². The lowest BCUT2D eigenvalue weighted by atomic mass is 10.1. The molecule has 0 saturated heterocycles. The number of hydrogen-bond donors (Lipinski definition) is 2. The number of rotatable bonds is 3. The first kappa shape index (κ1) is 13.4. The zero-order valence-corrected chi connectivity index (χ0v) is 11.6. The van der Waals surface area contributed by atoms with Crippen molar-refractivity contribution in [1.82, 2.24) is 4.72 Å². The fourth-order valence-corrected chi connectivity index (χ4v) is 4.16. The maximum absolute atomic E-state index is 12.3. The van der Waals surface area contributed by atoms with Crippen LogP contribution in [0.15, 0.2) is 23.1 Å². The van der Waals surface area contributed by atoms with Crippen LogP contribution in [0.5, 0.6) is 0 Å². The molecule has 1 aliphatic rings. The zero-order valence-electron chi connectivity index (χ0n) is 10.8. The Kier molecular flexibility index (Phi) is 3.64. The number of aryl methyl sites for hydroxylation is 1. The van der Waals surface area contributed by atoms with Gasteiger partial charge in [0.25, 0.3) is 0 Å². The van der Waals surface area contributed by atoms with Gasteiger partial charge in [-0.15, -0.1) is 0 Å². The van der Waals surface area contributed by atoms with Crippen molar-refractivity contribution in [1.29, 1.82) is 0 Å². The first-order valence-electron chi connectivity index (χ1n) is 6.28. The molecular formula is C13H20N2O2S. The predicted molar refractivity (Wildman–Crippen MR) is 72.7 cm³/mol. The second kappa shape index (κ2) is 4.90. The molecule has 2 rings (SSSR count). The van der Waals surface area contributed by atoms with Crippen LogP contribution in [0.3, 0.4) is 0 Å². The van der Waals surface area contributed by atoms with Crippen molar-refractivity contribution in [2.24, 2.45) is 5.92 Å². The van der Waals surface area contributed by atoms with Gasteiger partial charge >= 0.3 is 0 Å². The first-order chi connectivity index (χ1) is 8.40. The van der Waals surface area contributed by atoms with Crippen molar-refractivity contribution >= 4 is 15.7 Å². The number of nitrogens with one attached hydrogen (secondary N) is 1. The van der Waals surface area contributed by atoms with E-state index in [-0.39, 0.29) is 6.04 Å².